The smallest absolute Gasteiger partial charge is 0.319 e. The molecule has 1 fully saturated rings. The first-order valence-corrected chi connectivity index (χ1v) is 7.89. The molecule has 0 aliphatic carbocycles. The fourth-order valence-electron chi connectivity index (χ4n) is 2.88. The van der Waals surface area contributed by atoms with E-state index in [-0.39, 0.29) is 31.0 Å². The van der Waals surface area contributed by atoms with E-state index in [1.165, 1.54) is 19.2 Å². The van der Waals surface area contributed by atoms with E-state index < -0.39 is 11.6 Å². The molecule has 0 saturated carbocycles. The first kappa shape index (κ1) is 18.3. The zero-order chi connectivity index (χ0) is 17.7. The fourth-order valence-corrected chi connectivity index (χ4v) is 2.88. The van der Waals surface area contributed by atoms with Gasteiger partial charge in [-0.1, -0.05) is 6.07 Å². The maximum Gasteiger partial charge on any atom is 0.319 e. The lowest BCUT2D eigenvalue weighted by molar-refractivity contribution is -0.142. The molecule has 24 heavy (non-hydrogen) atoms. The third-order valence-electron chi connectivity index (χ3n) is 4.38. The van der Waals surface area contributed by atoms with E-state index in [1.54, 1.807) is 4.90 Å². The minimum Gasteiger partial charge on any atom is -0.468 e. The van der Waals surface area contributed by atoms with Gasteiger partial charge in [-0.2, -0.15) is 0 Å². The topological polar surface area (TPSA) is 49.9 Å². The predicted molar refractivity (Wildman–Crippen MR) is 84.1 cm³/mol. The van der Waals surface area contributed by atoms with E-state index in [0.717, 1.165) is 6.07 Å². The third kappa shape index (κ3) is 4.74. The van der Waals surface area contributed by atoms with Crippen molar-refractivity contribution in [3.05, 3.63) is 35.4 Å². The Balaban J connectivity index is 1.99. The predicted octanol–water partition coefficient (Wildman–Crippen LogP) is 1.95. The molecule has 1 saturated heterocycles. The number of amides is 1. The van der Waals surface area contributed by atoms with Crippen molar-refractivity contribution in [1.82, 2.24) is 9.80 Å². The highest BCUT2D eigenvalue weighted by molar-refractivity contribution is 5.76. The molecular formula is C17H22F2N2O3. The Morgan fingerprint density at radius 2 is 2.12 bits per heavy atom. The SMILES string of the molecule is COC(=O)CN(C)C1CCC(=O)N(Cc2ccc(F)cc2F)CC1. The molecule has 132 valence electrons. The second-order valence-electron chi connectivity index (χ2n) is 6.02. The molecule has 0 aromatic heterocycles. The number of esters is 1. The van der Waals surface area contributed by atoms with Crippen LogP contribution in [0.25, 0.3) is 0 Å². The summed E-state index contributed by atoms with van der Waals surface area (Å²) in [6.07, 6.45) is 1.65. The average molecular weight is 340 g/mol. The maximum atomic E-state index is 13.8. The molecule has 1 aromatic rings. The summed E-state index contributed by atoms with van der Waals surface area (Å²) in [6.45, 7) is 0.756. The van der Waals surface area contributed by atoms with E-state index in [4.69, 9.17) is 0 Å². The second kappa shape index (κ2) is 8.19. The number of benzene rings is 1. The van der Waals surface area contributed by atoms with Crippen LogP contribution < -0.4 is 0 Å². The standard InChI is InChI=1S/C17H22F2N2O3/c1-20(11-17(23)24-2)14-5-6-16(22)21(8-7-14)10-12-3-4-13(18)9-15(12)19/h3-4,9,14H,5-8,10-11H2,1-2H3. The molecule has 5 nitrogen and oxygen atoms in total. The number of ether oxygens (including phenoxy) is 1. The Labute approximate surface area is 140 Å². The molecule has 0 bridgehead atoms. The second-order valence-corrected chi connectivity index (χ2v) is 6.02. The molecule has 1 aromatic carbocycles. The van der Waals surface area contributed by atoms with Crippen molar-refractivity contribution in [3.63, 3.8) is 0 Å². The van der Waals surface area contributed by atoms with Gasteiger partial charge in [0.05, 0.1) is 13.7 Å². The lowest BCUT2D eigenvalue weighted by Gasteiger charge is -2.26. The zero-order valence-electron chi connectivity index (χ0n) is 13.9. The molecule has 7 heteroatoms. The Hall–Kier alpha value is -2.02. The quantitative estimate of drug-likeness (QED) is 0.769. The molecule has 1 aliphatic heterocycles. The molecule has 0 spiro atoms. The van der Waals surface area contributed by atoms with Crippen LogP contribution in [0.4, 0.5) is 8.78 Å². The highest BCUT2D eigenvalue weighted by Gasteiger charge is 2.26. The molecule has 0 N–H and O–H groups in total. The van der Waals surface area contributed by atoms with Gasteiger partial charge in [0.1, 0.15) is 11.6 Å². The van der Waals surface area contributed by atoms with Crippen molar-refractivity contribution in [2.45, 2.75) is 31.8 Å². The van der Waals surface area contributed by atoms with Gasteiger partial charge < -0.3 is 9.64 Å². The number of carbonyl (C=O) groups excluding carboxylic acids is 2. The van der Waals surface area contributed by atoms with Crippen LogP contribution in [0.15, 0.2) is 18.2 Å². The van der Waals surface area contributed by atoms with E-state index in [2.05, 4.69) is 4.74 Å². The Kier molecular flexibility index (Phi) is 6.25. The van der Waals surface area contributed by atoms with Crippen molar-refractivity contribution in [2.24, 2.45) is 0 Å². The molecule has 1 heterocycles. The molecule has 2 rings (SSSR count). The Morgan fingerprint density at radius 1 is 1.38 bits per heavy atom. The number of nitrogens with zero attached hydrogens (tertiary/aromatic N) is 2. The van der Waals surface area contributed by atoms with Crippen molar-refractivity contribution in [3.8, 4) is 0 Å². The van der Waals surface area contributed by atoms with Gasteiger partial charge in [-0.05, 0) is 26.0 Å². The number of hydrogen-bond acceptors (Lipinski definition) is 4. The number of methoxy groups -OCH3 is 1. The minimum atomic E-state index is -0.647. The van der Waals surface area contributed by atoms with Gasteiger partial charge in [0.2, 0.25) is 5.91 Å². The number of halogens is 2. The van der Waals surface area contributed by atoms with Gasteiger partial charge in [-0.15, -0.1) is 0 Å². The first-order valence-electron chi connectivity index (χ1n) is 7.89. The highest BCUT2D eigenvalue weighted by Crippen LogP contribution is 2.20. The molecule has 1 unspecified atom stereocenters. The van der Waals surface area contributed by atoms with Crippen LogP contribution in [0.1, 0.15) is 24.8 Å². The van der Waals surface area contributed by atoms with Crippen LogP contribution in [0.2, 0.25) is 0 Å². The summed E-state index contributed by atoms with van der Waals surface area (Å²) in [5, 5.41) is 0. The third-order valence-corrected chi connectivity index (χ3v) is 4.38. The summed E-state index contributed by atoms with van der Waals surface area (Å²) >= 11 is 0. The summed E-state index contributed by atoms with van der Waals surface area (Å²) in [4.78, 5) is 27.1. The number of carbonyl (C=O) groups is 2. The maximum absolute atomic E-state index is 13.8. The van der Waals surface area contributed by atoms with Crippen LogP contribution in [0, 0.1) is 11.6 Å². The van der Waals surface area contributed by atoms with Crippen LogP contribution in [0.3, 0.4) is 0 Å². The normalized spacial score (nSPS) is 18.6. The van der Waals surface area contributed by atoms with Gasteiger partial charge in [0.15, 0.2) is 0 Å². The van der Waals surface area contributed by atoms with E-state index in [9.17, 15) is 18.4 Å². The summed E-state index contributed by atoms with van der Waals surface area (Å²) in [7, 11) is 3.16. The average Bonchev–Trinajstić information content (AvgIpc) is 2.72. The Bertz CT molecular complexity index is 609. The van der Waals surface area contributed by atoms with Crippen LogP contribution >= 0.6 is 0 Å². The van der Waals surface area contributed by atoms with Gasteiger partial charge >= 0.3 is 5.97 Å². The van der Waals surface area contributed by atoms with Crippen molar-refractivity contribution in [1.29, 1.82) is 0 Å². The Morgan fingerprint density at radius 3 is 2.79 bits per heavy atom. The number of likely N-dealkylation sites (tertiary alicyclic amines) is 1. The lowest BCUT2D eigenvalue weighted by atomic mass is 10.1. The largest absolute Gasteiger partial charge is 0.468 e. The van der Waals surface area contributed by atoms with E-state index in [0.29, 0.717) is 31.4 Å². The van der Waals surface area contributed by atoms with Crippen molar-refractivity contribution in [2.75, 3.05) is 27.2 Å². The molecule has 1 amide bonds. The van der Waals surface area contributed by atoms with E-state index in [1.807, 2.05) is 11.9 Å². The molecular weight excluding hydrogens is 318 g/mol. The number of likely N-dealkylation sites (N-methyl/N-ethyl adjacent to an activating group) is 1. The van der Waals surface area contributed by atoms with E-state index >= 15 is 0 Å². The van der Waals surface area contributed by atoms with Gasteiger partial charge in [0, 0.05) is 37.2 Å². The number of rotatable bonds is 5. The summed E-state index contributed by atoms with van der Waals surface area (Å²) in [5.74, 6) is -1.67. The zero-order valence-corrected chi connectivity index (χ0v) is 13.9. The van der Waals surface area contributed by atoms with Gasteiger partial charge in [0.25, 0.3) is 0 Å². The van der Waals surface area contributed by atoms with Gasteiger partial charge in [-0.3, -0.25) is 14.5 Å². The molecule has 1 aliphatic rings. The van der Waals surface area contributed by atoms with Crippen LogP contribution in [-0.2, 0) is 20.9 Å². The minimum absolute atomic E-state index is 0.0623. The molecule has 1 atom stereocenters. The summed E-state index contributed by atoms with van der Waals surface area (Å²) in [6, 6.07) is 3.46. The summed E-state index contributed by atoms with van der Waals surface area (Å²) in [5.41, 5.74) is 0.297. The summed E-state index contributed by atoms with van der Waals surface area (Å²) < 4.78 is 31.4. The van der Waals surface area contributed by atoms with Gasteiger partial charge in [-0.25, -0.2) is 8.78 Å². The van der Waals surface area contributed by atoms with Crippen molar-refractivity contribution >= 4 is 11.9 Å². The highest BCUT2D eigenvalue weighted by atomic mass is 19.1. The van der Waals surface area contributed by atoms with Crippen LogP contribution in [-0.4, -0.2) is 55.0 Å². The van der Waals surface area contributed by atoms with Crippen LogP contribution in [0.5, 0.6) is 0 Å². The van der Waals surface area contributed by atoms with Crippen molar-refractivity contribution < 1.29 is 23.1 Å². The lowest BCUT2D eigenvalue weighted by Crippen LogP contribution is -2.37. The number of hydrogen-bond donors (Lipinski definition) is 0. The molecule has 0 radical (unpaired) electrons. The fraction of sp³-hybridized carbons (Fsp3) is 0.529. The first-order chi connectivity index (χ1) is 11.4. The monoisotopic (exact) mass is 340 g/mol.